The van der Waals surface area contributed by atoms with Gasteiger partial charge in [0.05, 0.1) is 0 Å². The summed E-state index contributed by atoms with van der Waals surface area (Å²) in [7, 11) is -1.49. The first-order valence-electron chi connectivity index (χ1n) is 5.99. The predicted octanol–water partition coefficient (Wildman–Crippen LogP) is 3.89. The van der Waals surface area contributed by atoms with Crippen LogP contribution in [0.4, 0.5) is 0 Å². The minimum absolute atomic E-state index is 0.349. The van der Waals surface area contributed by atoms with E-state index in [0.29, 0.717) is 5.04 Å². The summed E-state index contributed by atoms with van der Waals surface area (Å²) in [5, 5.41) is 0.349. The van der Waals surface area contributed by atoms with E-state index in [-0.39, 0.29) is 0 Å². The van der Waals surface area contributed by atoms with E-state index >= 15 is 0 Å². The van der Waals surface area contributed by atoms with Gasteiger partial charge in [0.15, 0.2) is 0 Å². The van der Waals surface area contributed by atoms with Crippen molar-refractivity contribution in [2.75, 3.05) is 6.61 Å². The topological polar surface area (TPSA) is 9.23 Å². The van der Waals surface area contributed by atoms with Gasteiger partial charge in [0, 0.05) is 0 Å². The first-order chi connectivity index (χ1) is 6.67. The Morgan fingerprint density at radius 1 is 1.20 bits per heavy atom. The Kier molecular flexibility index (Phi) is 6.74. The van der Waals surface area contributed by atoms with Crippen molar-refractivity contribution in [3.05, 3.63) is 0 Å². The van der Waals surface area contributed by atoms with E-state index < -0.39 is 8.32 Å². The van der Waals surface area contributed by atoms with E-state index in [4.69, 9.17) is 4.43 Å². The summed E-state index contributed by atoms with van der Waals surface area (Å²) in [6.07, 6.45) is 3.82. The van der Waals surface area contributed by atoms with Crippen LogP contribution in [0.25, 0.3) is 0 Å². The van der Waals surface area contributed by atoms with Crippen molar-refractivity contribution in [3.63, 3.8) is 0 Å². The summed E-state index contributed by atoms with van der Waals surface area (Å²) >= 11 is 2.71. The molecule has 92 valence electrons. The molecule has 1 unspecified atom stereocenters. The molecular formula is C12H28OSeSi. The summed E-state index contributed by atoms with van der Waals surface area (Å²) in [5.74, 6) is 0. The van der Waals surface area contributed by atoms with E-state index in [1.54, 1.807) is 0 Å². The minimum atomic E-state index is -1.49. The van der Waals surface area contributed by atoms with Gasteiger partial charge in [-0.2, -0.15) is 0 Å². The van der Waals surface area contributed by atoms with Crippen LogP contribution in [-0.2, 0) is 4.43 Å². The van der Waals surface area contributed by atoms with Crippen LogP contribution in [0.5, 0.6) is 0 Å². The molecule has 0 aliphatic rings. The zero-order chi connectivity index (χ0) is 12.1. The van der Waals surface area contributed by atoms with Crippen molar-refractivity contribution in [1.29, 1.82) is 0 Å². The maximum atomic E-state index is 6.11. The number of rotatable bonds is 6. The van der Waals surface area contributed by atoms with Crippen LogP contribution in [0.1, 0.15) is 47.0 Å². The SMILES string of the molecule is CC([SeH])CCCCO[Si](C)(C)C(C)(C)C. The van der Waals surface area contributed by atoms with Gasteiger partial charge in [0.2, 0.25) is 0 Å². The van der Waals surface area contributed by atoms with E-state index in [1.165, 1.54) is 19.3 Å². The van der Waals surface area contributed by atoms with Gasteiger partial charge in [-0.15, -0.1) is 0 Å². The molecule has 0 saturated carbocycles. The molecule has 0 rings (SSSR count). The zero-order valence-corrected chi connectivity index (χ0v) is 14.1. The second kappa shape index (κ2) is 6.44. The molecule has 0 amide bonds. The molecule has 0 spiro atoms. The quantitative estimate of drug-likeness (QED) is 0.533. The fourth-order valence-corrected chi connectivity index (χ4v) is 2.56. The van der Waals surface area contributed by atoms with E-state index in [2.05, 4.69) is 56.8 Å². The summed E-state index contributed by atoms with van der Waals surface area (Å²) in [4.78, 5) is 0.769. The van der Waals surface area contributed by atoms with Gasteiger partial charge >= 0.3 is 105 Å². The Balaban J connectivity index is 3.68. The van der Waals surface area contributed by atoms with Crippen molar-refractivity contribution in [2.24, 2.45) is 0 Å². The molecule has 15 heavy (non-hydrogen) atoms. The fourth-order valence-electron chi connectivity index (χ4n) is 1.09. The molecule has 1 atom stereocenters. The fraction of sp³-hybridized carbons (Fsp3) is 1.00. The monoisotopic (exact) mass is 296 g/mol. The maximum absolute atomic E-state index is 6.11. The molecule has 0 aromatic rings. The number of hydrogen-bond donors (Lipinski definition) is 0. The molecular weight excluding hydrogens is 267 g/mol. The summed E-state index contributed by atoms with van der Waals surface area (Å²) < 4.78 is 6.11. The van der Waals surface area contributed by atoms with Crippen LogP contribution < -0.4 is 0 Å². The standard InChI is InChI=1S/C12H28OSeSi/c1-11(14)9-7-8-10-13-15(5,6)12(2,3)4/h11,14H,7-10H2,1-6H3. The van der Waals surface area contributed by atoms with Gasteiger partial charge < -0.3 is 0 Å². The molecule has 0 fully saturated rings. The van der Waals surface area contributed by atoms with Gasteiger partial charge in [-0.25, -0.2) is 0 Å². The van der Waals surface area contributed by atoms with Crippen molar-refractivity contribution in [1.82, 2.24) is 0 Å². The van der Waals surface area contributed by atoms with E-state index in [9.17, 15) is 0 Å². The van der Waals surface area contributed by atoms with Crippen LogP contribution in [0, 0.1) is 0 Å². The van der Waals surface area contributed by atoms with Crippen molar-refractivity contribution in [2.45, 2.75) is 69.9 Å². The molecule has 0 N–H and O–H groups in total. The zero-order valence-electron chi connectivity index (χ0n) is 11.3. The average molecular weight is 295 g/mol. The normalized spacial score (nSPS) is 15.4. The summed E-state index contributed by atoms with van der Waals surface area (Å²) in [5.41, 5.74) is 0. The van der Waals surface area contributed by atoms with Gasteiger partial charge in [0.1, 0.15) is 0 Å². The van der Waals surface area contributed by atoms with Crippen LogP contribution in [0.3, 0.4) is 0 Å². The second-order valence-electron chi connectivity index (χ2n) is 5.95. The molecule has 3 heteroatoms. The Hall–Kier alpha value is 0.696. The molecule has 0 saturated heterocycles. The van der Waals surface area contributed by atoms with Crippen molar-refractivity contribution >= 4 is 24.3 Å². The van der Waals surface area contributed by atoms with E-state index in [0.717, 1.165) is 11.4 Å². The Morgan fingerprint density at radius 3 is 2.13 bits per heavy atom. The molecule has 0 bridgehead atoms. The molecule has 0 heterocycles. The van der Waals surface area contributed by atoms with Crippen molar-refractivity contribution < 1.29 is 4.43 Å². The van der Waals surface area contributed by atoms with Gasteiger partial charge in [-0.1, -0.05) is 0 Å². The number of unbranched alkanes of at least 4 members (excludes halogenated alkanes) is 1. The van der Waals surface area contributed by atoms with E-state index in [1.807, 2.05) is 0 Å². The van der Waals surface area contributed by atoms with Crippen LogP contribution in [0.2, 0.25) is 22.9 Å². The second-order valence-corrected chi connectivity index (χ2v) is 12.6. The third kappa shape index (κ3) is 6.78. The van der Waals surface area contributed by atoms with Crippen LogP contribution in [-0.4, -0.2) is 30.9 Å². The predicted molar refractivity (Wildman–Crippen MR) is 73.6 cm³/mol. The van der Waals surface area contributed by atoms with Crippen LogP contribution >= 0.6 is 0 Å². The van der Waals surface area contributed by atoms with Crippen LogP contribution in [0.15, 0.2) is 0 Å². The summed E-state index contributed by atoms with van der Waals surface area (Å²) in [6, 6.07) is 0. The first kappa shape index (κ1) is 15.7. The third-order valence-electron chi connectivity index (χ3n) is 3.29. The molecule has 0 aromatic heterocycles. The Labute approximate surface area is 105 Å². The Bertz CT molecular complexity index is 173. The van der Waals surface area contributed by atoms with Gasteiger partial charge in [0.25, 0.3) is 0 Å². The number of hydrogen-bond acceptors (Lipinski definition) is 1. The Morgan fingerprint density at radius 2 is 1.73 bits per heavy atom. The van der Waals surface area contributed by atoms with Gasteiger partial charge in [-0.05, 0) is 0 Å². The molecule has 1 nitrogen and oxygen atoms in total. The molecule has 0 aliphatic heterocycles. The first-order valence-corrected chi connectivity index (χ1v) is 9.98. The average Bonchev–Trinajstić information content (AvgIpc) is 2.00. The van der Waals surface area contributed by atoms with Crippen molar-refractivity contribution in [3.8, 4) is 0 Å². The summed E-state index contributed by atoms with van der Waals surface area (Å²) in [6.45, 7) is 14.8. The van der Waals surface area contributed by atoms with Gasteiger partial charge in [-0.3, -0.25) is 0 Å². The molecule has 0 aliphatic carbocycles. The molecule has 0 radical (unpaired) electrons. The molecule has 0 aromatic carbocycles. The third-order valence-corrected chi connectivity index (χ3v) is 8.37.